The fourth-order valence-corrected chi connectivity index (χ4v) is 9.02. The SMILES string of the molecule is CS(=O)C[C@H]1C2CC[C@@]3(CC[C@H]4[C@@](C)(CCC[C@@]4(C)N)[C@@H]3C2)[C@@H]1O. The van der Waals surface area contributed by atoms with Gasteiger partial charge in [-0.15, -0.1) is 0 Å². The molecule has 138 valence electrons. The molecule has 0 amide bonds. The molecule has 5 rings (SSSR count). The standard InChI is InChI=1S/C20H35NO2S/c1-18-7-4-8-19(2,21)15(18)6-10-20-9-5-13(11-16(18)20)14(17(20)22)12-24(3)23/h13-17,22H,4-12,21H2,1-3H3/t13?,14-,15-,16-,17+,18+,19+,20-,24?/m0/s1. The summed E-state index contributed by atoms with van der Waals surface area (Å²) in [5, 5.41) is 11.4. The van der Waals surface area contributed by atoms with Crippen LogP contribution in [0, 0.1) is 34.5 Å². The minimum atomic E-state index is -0.812. The molecule has 3 nitrogen and oxygen atoms in total. The molecule has 0 saturated heterocycles. The maximum absolute atomic E-state index is 11.9. The Kier molecular flexibility index (Phi) is 4.03. The van der Waals surface area contributed by atoms with E-state index in [4.69, 9.17) is 5.73 Å². The van der Waals surface area contributed by atoms with E-state index in [9.17, 15) is 9.32 Å². The third-order valence-electron chi connectivity index (χ3n) is 8.96. The van der Waals surface area contributed by atoms with E-state index in [0.29, 0.717) is 23.5 Å². The van der Waals surface area contributed by atoms with Crippen molar-refractivity contribution >= 4 is 10.8 Å². The Morgan fingerprint density at radius 1 is 1.12 bits per heavy atom. The molecule has 1 spiro atoms. The zero-order chi connectivity index (χ0) is 17.3. The second-order valence-electron chi connectivity index (χ2n) is 10.1. The summed E-state index contributed by atoms with van der Waals surface area (Å²) in [7, 11) is -0.812. The molecule has 0 aromatic carbocycles. The summed E-state index contributed by atoms with van der Waals surface area (Å²) in [6.07, 6.45) is 11.2. The minimum Gasteiger partial charge on any atom is -0.392 e. The van der Waals surface area contributed by atoms with Gasteiger partial charge in [-0.25, -0.2) is 0 Å². The molecule has 0 aliphatic heterocycles. The van der Waals surface area contributed by atoms with Crippen LogP contribution in [0.25, 0.3) is 0 Å². The summed E-state index contributed by atoms with van der Waals surface area (Å²) in [6, 6.07) is 0. The highest BCUT2D eigenvalue weighted by Crippen LogP contribution is 2.70. The van der Waals surface area contributed by atoms with Gasteiger partial charge in [0.2, 0.25) is 0 Å². The molecule has 5 aliphatic carbocycles. The largest absolute Gasteiger partial charge is 0.392 e. The second kappa shape index (κ2) is 5.53. The van der Waals surface area contributed by atoms with Crippen LogP contribution in [0.1, 0.15) is 65.2 Å². The molecule has 2 unspecified atom stereocenters. The van der Waals surface area contributed by atoms with E-state index >= 15 is 0 Å². The van der Waals surface area contributed by atoms with Crippen LogP contribution in [0.3, 0.4) is 0 Å². The van der Waals surface area contributed by atoms with Crippen LogP contribution < -0.4 is 5.73 Å². The molecule has 3 N–H and O–H groups in total. The predicted molar refractivity (Wildman–Crippen MR) is 99.0 cm³/mol. The van der Waals surface area contributed by atoms with E-state index in [2.05, 4.69) is 13.8 Å². The van der Waals surface area contributed by atoms with Crippen molar-refractivity contribution in [3.05, 3.63) is 0 Å². The van der Waals surface area contributed by atoms with Gasteiger partial charge in [-0.1, -0.05) is 13.3 Å². The van der Waals surface area contributed by atoms with Crippen LogP contribution in [0.15, 0.2) is 0 Å². The Morgan fingerprint density at radius 3 is 2.54 bits per heavy atom. The zero-order valence-electron chi connectivity index (χ0n) is 15.6. The molecule has 24 heavy (non-hydrogen) atoms. The van der Waals surface area contributed by atoms with Gasteiger partial charge in [0.1, 0.15) is 0 Å². The fourth-order valence-electron chi connectivity index (χ4n) is 8.02. The normalized spacial score (nSPS) is 58.0. The average Bonchev–Trinajstić information content (AvgIpc) is 2.49. The number of fused-ring (bicyclic) bond motifs is 3. The maximum atomic E-state index is 11.9. The number of rotatable bonds is 2. The quantitative estimate of drug-likeness (QED) is 0.802. The van der Waals surface area contributed by atoms with Crippen LogP contribution >= 0.6 is 0 Å². The van der Waals surface area contributed by atoms with Gasteiger partial charge in [0.25, 0.3) is 0 Å². The van der Waals surface area contributed by atoms with E-state index < -0.39 is 10.8 Å². The first-order chi connectivity index (χ1) is 11.2. The van der Waals surface area contributed by atoms with Crippen LogP contribution in [-0.4, -0.2) is 33.0 Å². The van der Waals surface area contributed by atoms with Crippen LogP contribution in [-0.2, 0) is 10.8 Å². The van der Waals surface area contributed by atoms with Crippen LogP contribution in [0.5, 0.6) is 0 Å². The van der Waals surface area contributed by atoms with Crippen molar-refractivity contribution in [1.82, 2.24) is 0 Å². The predicted octanol–water partition coefficient (Wildman–Crippen LogP) is 3.08. The topological polar surface area (TPSA) is 63.3 Å². The summed E-state index contributed by atoms with van der Waals surface area (Å²) in [5.74, 6) is 2.72. The van der Waals surface area contributed by atoms with Gasteiger partial charge >= 0.3 is 0 Å². The molecule has 0 aromatic heterocycles. The lowest BCUT2D eigenvalue weighted by atomic mass is 9.36. The second-order valence-corrected chi connectivity index (χ2v) is 11.6. The summed E-state index contributed by atoms with van der Waals surface area (Å²) in [5.41, 5.74) is 7.09. The lowest BCUT2D eigenvalue weighted by Gasteiger charge is -2.70. The molecule has 0 radical (unpaired) electrons. The van der Waals surface area contributed by atoms with Crippen LogP contribution in [0.4, 0.5) is 0 Å². The number of aliphatic hydroxyl groups excluding tert-OH is 1. The first kappa shape index (κ1) is 17.5. The van der Waals surface area contributed by atoms with Crippen molar-refractivity contribution < 1.29 is 9.32 Å². The minimum absolute atomic E-state index is 0.0411. The summed E-state index contributed by atoms with van der Waals surface area (Å²) < 4.78 is 11.9. The smallest absolute Gasteiger partial charge is 0.0638 e. The molecule has 5 aliphatic rings. The molecule has 2 bridgehead atoms. The van der Waals surface area contributed by atoms with Crippen molar-refractivity contribution in [2.24, 2.45) is 40.2 Å². The van der Waals surface area contributed by atoms with E-state index in [1.54, 1.807) is 6.26 Å². The van der Waals surface area contributed by atoms with Gasteiger partial charge in [-0.3, -0.25) is 4.21 Å². The van der Waals surface area contributed by atoms with Gasteiger partial charge in [0.05, 0.1) is 6.10 Å². The first-order valence-corrected chi connectivity index (χ1v) is 11.7. The summed E-state index contributed by atoms with van der Waals surface area (Å²) >= 11 is 0. The first-order valence-electron chi connectivity index (χ1n) is 9.98. The molecule has 0 aromatic rings. The van der Waals surface area contributed by atoms with Crippen molar-refractivity contribution in [2.75, 3.05) is 12.0 Å². The van der Waals surface area contributed by atoms with E-state index in [-0.39, 0.29) is 28.4 Å². The van der Waals surface area contributed by atoms with Gasteiger partial charge in [-0.2, -0.15) is 0 Å². The van der Waals surface area contributed by atoms with Gasteiger partial charge < -0.3 is 10.8 Å². The van der Waals surface area contributed by atoms with Crippen molar-refractivity contribution in [1.29, 1.82) is 0 Å². The molecule has 0 heterocycles. The Balaban J connectivity index is 1.70. The number of hydrogen-bond acceptors (Lipinski definition) is 3. The van der Waals surface area contributed by atoms with Crippen molar-refractivity contribution in [3.63, 3.8) is 0 Å². The number of hydrogen-bond donors (Lipinski definition) is 2. The van der Waals surface area contributed by atoms with E-state index in [1.807, 2.05) is 0 Å². The highest BCUT2D eigenvalue weighted by Gasteiger charge is 2.67. The Morgan fingerprint density at radius 2 is 1.83 bits per heavy atom. The lowest BCUT2D eigenvalue weighted by molar-refractivity contribution is -0.231. The molecule has 5 saturated carbocycles. The molecule has 4 heteroatoms. The Labute approximate surface area is 149 Å². The van der Waals surface area contributed by atoms with Gasteiger partial charge in [-0.05, 0) is 86.4 Å². The van der Waals surface area contributed by atoms with Gasteiger partial charge in [0, 0.05) is 28.3 Å². The van der Waals surface area contributed by atoms with E-state index in [0.717, 1.165) is 12.8 Å². The number of nitrogens with two attached hydrogens (primary N) is 1. The Hall–Kier alpha value is 0.0700. The van der Waals surface area contributed by atoms with Gasteiger partial charge in [0.15, 0.2) is 0 Å². The molecule has 5 fully saturated rings. The van der Waals surface area contributed by atoms with Crippen LogP contribution in [0.2, 0.25) is 0 Å². The fraction of sp³-hybridized carbons (Fsp3) is 1.00. The lowest BCUT2D eigenvalue weighted by Crippen LogP contribution is -2.68. The third-order valence-corrected chi connectivity index (χ3v) is 9.81. The summed E-state index contributed by atoms with van der Waals surface area (Å²) in [4.78, 5) is 0. The monoisotopic (exact) mass is 353 g/mol. The maximum Gasteiger partial charge on any atom is 0.0638 e. The molecular weight excluding hydrogens is 318 g/mol. The molecule has 9 atom stereocenters. The highest BCUT2D eigenvalue weighted by atomic mass is 32.2. The summed E-state index contributed by atoms with van der Waals surface area (Å²) in [6.45, 7) is 4.77. The average molecular weight is 354 g/mol. The number of aliphatic hydroxyl groups is 1. The third kappa shape index (κ3) is 2.24. The van der Waals surface area contributed by atoms with Crippen molar-refractivity contribution in [2.45, 2.75) is 76.9 Å². The Bertz CT molecular complexity index is 550. The highest BCUT2D eigenvalue weighted by molar-refractivity contribution is 7.84. The molecular formula is C20H35NO2S. The zero-order valence-corrected chi connectivity index (χ0v) is 16.4. The van der Waals surface area contributed by atoms with E-state index in [1.165, 1.54) is 38.5 Å². The van der Waals surface area contributed by atoms with Crippen molar-refractivity contribution in [3.8, 4) is 0 Å².